The molecular formula is C19H17F3N6O. The Labute approximate surface area is 164 Å². The number of hydrogen-bond acceptors (Lipinski definition) is 4. The largest absolute Gasteiger partial charge is 0.435 e. The molecule has 0 aliphatic carbocycles. The van der Waals surface area contributed by atoms with Crippen molar-refractivity contribution in [3.8, 4) is 17.3 Å². The summed E-state index contributed by atoms with van der Waals surface area (Å²) >= 11 is 0. The second kappa shape index (κ2) is 7.43. The molecule has 2 heterocycles. The summed E-state index contributed by atoms with van der Waals surface area (Å²) < 4.78 is 40.9. The molecule has 0 saturated carbocycles. The van der Waals surface area contributed by atoms with Gasteiger partial charge >= 0.3 is 6.18 Å². The van der Waals surface area contributed by atoms with Crippen LogP contribution in [0.3, 0.4) is 0 Å². The highest BCUT2D eigenvalue weighted by Gasteiger charge is 2.35. The maximum Gasteiger partial charge on any atom is 0.435 e. The van der Waals surface area contributed by atoms with E-state index in [2.05, 4.69) is 15.5 Å². The van der Waals surface area contributed by atoms with Gasteiger partial charge in [0.1, 0.15) is 5.69 Å². The lowest BCUT2D eigenvalue weighted by Crippen LogP contribution is -2.29. The molecule has 3 rings (SSSR count). The SMILES string of the molecule is CC(NC(=O)c1cc(C(F)(F)F)nn1C)c1cc(-c2ccc(C#N)cc2)nn1C. The van der Waals surface area contributed by atoms with Crippen molar-refractivity contribution in [2.45, 2.75) is 19.1 Å². The van der Waals surface area contributed by atoms with Crippen molar-refractivity contribution in [1.82, 2.24) is 24.9 Å². The van der Waals surface area contributed by atoms with E-state index in [0.717, 1.165) is 10.2 Å². The zero-order valence-corrected chi connectivity index (χ0v) is 15.8. The van der Waals surface area contributed by atoms with Crippen LogP contribution in [0.15, 0.2) is 36.4 Å². The first-order valence-corrected chi connectivity index (χ1v) is 8.56. The van der Waals surface area contributed by atoms with Gasteiger partial charge in [0.05, 0.1) is 29.1 Å². The Kier molecular flexibility index (Phi) is 5.16. The highest BCUT2D eigenvalue weighted by atomic mass is 19.4. The maximum atomic E-state index is 12.8. The van der Waals surface area contributed by atoms with Gasteiger partial charge in [-0.05, 0) is 25.1 Å². The van der Waals surface area contributed by atoms with Crippen LogP contribution in [-0.2, 0) is 20.3 Å². The molecule has 0 aliphatic heterocycles. The Morgan fingerprint density at radius 1 is 1.14 bits per heavy atom. The molecule has 0 aliphatic rings. The van der Waals surface area contributed by atoms with Crippen LogP contribution in [0.25, 0.3) is 11.3 Å². The molecular weight excluding hydrogens is 385 g/mol. The molecule has 0 spiro atoms. The van der Waals surface area contributed by atoms with Crippen LogP contribution in [0.4, 0.5) is 13.2 Å². The van der Waals surface area contributed by atoms with Crippen molar-refractivity contribution in [2.24, 2.45) is 14.1 Å². The summed E-state index contributed by atoms with van der Waals surface area (Å²) in [5.41, 5.74) is 1.31. The van der Waals surface area contributed by atoms with Gasteiger partial charge in [0.25, 0.3) is 5.91 Å². The van der Waals surface area contributed by atoms with Gasteiger partial charge in [-0.25, -0.2) is 0 Å². The first-order valence-electron chi connectivity index (χ1n) is 8.56. The smallest absolute Gasteiger partial charge is 0.343 e. The van der Waals surface area contributed by atoms with E-state index in [-0.39, 0.29) is 5.69 Å². The van der Waals surface area contributed by atoms with E-state index in [1.807, 2.05) is 6.07 Å². The predicted molar refractivity (Wildman–Crippen MR) is 97.5 cm³/mol. The lowest BCUT2D eigenvalue weighted by molar-refractivity contribution is -0.141. The number of carbonyl (C=O) groups excluding carboxylic acids is 1. The summed E-state index contributed by atoms with van der Waals surface area (Å²) in [6.45, 7) is 1.71. The first-order chi connectivity index (χ1) is 13.6. The van der Waals surface area contributed by atoms with Crippen molar-refractivity contribution in [1.29, 1.82) is 5.26 Å². The monoisotopic (exact) mass is 402 g/mol. The van der Waals surface area contributed by atoms with Crippen LogP contribution >= 0.6 is 0 Å². The zero-order chi connectivity index (χ0) is 21.3. The van der Waals surface area contributed by atoms with Crippen molar-refractivity contribution < 1.29 is 18.0 Å². The molecule has 2 aromatic heterocycles. The van der Waals surface area contributed by atoms with E-state index < -0.39 is 23.8 Å². The highest BCUT2D eigenvalue weighted by Crippen LogP contribution is 2.28. The molecule has 0 saturated heterocycles. The number of benzene rings is 1. The van der Waals surface area contributed by atoms with Crippen LogP contribution in [-0.4, -0.2) is 25.5 Å². The predicted octanol–water partition coefficient (Wildman–Crippen LogP) is 3.20. The summed E-state index contributed by atoms with van der Waals surface area (Å²) in [4.78, 5) is 12.4. The van der Waals surface area contributed by atoms with Gasteiger partial charge in [-0.1, -0.05) is 12.1 Å². The van der Waals surface area contributed by atoms with E-state index in [9.17, 15) is 18.0 Å². The van der Waals surface area contributed by atoms with Gasteiger partial charge in [-0.2, -0.15) is 28.6 Å². The van der Waals surface area contributed by atoms with Gasteiger partial charge in [0.2, 0.25) is 0 Å². The number of aromatic nitrogens is 4. The Balaban J connectivity index is 1.80. The van der Waals surface area contributed by atoms with E-state index in [1.165, 1.54) is 7.05 Å². The average molecular weight is 402 g/mol. The second-order valence-corrected chi connectivity index (χ2v) is 6.50. The Morgan fingerprint density at radius 3 is 2.34 bits per heavy atom. The van der Waals surface area contributed by atoms with Crippen LogP contribution in [0.5, 0.6) is 0 Å². The highest BCUT2D eigenvalue weighted by molar-refractivity contribution is 5.93. The zero-order valence-electron chi connectivity index (χ0n) is 15.8. The molecule has 1 N–H and O–H groups in total. The number of hydrogen-bond donors (Lipinski definition) is 1. The number of rotatable bonds is 4. The number of nitrogens with zero attached hydrogens (tertiary/aromatic N) is 5. The molecule has 29 heavy (non-hydrogen) atoms. The summed E-state index contributed by atoms with van der Waals surface area (Å²) in [5, 5.41) is 19.3. The van der Waals surface area contributed by atoms with Gasteiger partial charge in [-0.15, -0.1) is 0 Å². The third-order valence-corrected chi connectivity index (χ3v) is 4.42. The first kappa shape index (κ1) is 20.1. The maximum absolute atomic E-state index is 12.8. The van der Waals surface area contributed by atoms with Crippen LogP contribution in [0.2, 0.25) is 0 Å². The minimum Gasteiger partial charge on any atom is -0.343 e. The fourth-order valence-electron chi connectivity index (χ4n) is 2.91. The molecule has 150 valence electrons. The topological polar surface area (TPSA) is 88.5 Å². The van der Waals surface area contributed by atoms with E-state index >= 15 is 0 Å². The minimum absolute atomic E-state index is 0.196. The fourth-order valence-corrected chi connectivity index (χ4v) is 2.91. The quantitative estimate of drug-likeness (QED) is 0.726. The number of nitrogens with one attached hydrogen (secondary N) is 1. The number of alkyl halides is 3. The van der Waals surface area contributed by atoms with Gasteiger partial charge in [0.15, 0.2) is 5.69 Å². The van der Waals surface area contributed by atoms with Crippen molar-refractivity contribution >= 4 is 5.91 Å². The fraction of sp³-hybridized carbons (Fsp3) is 0.263. The van der Waals surface area contributed by atoms with Crippen molar-refractivity contribution in [3.05, 3.63) is 59.0 Å². The Hall–Kier alpha value is -3.61. The van der Waals surface area contributed by atoms with E-state index in [0.29, 0.717) is 23.0 Å². The molecule has 0 radical (unpaired) electrons. The van der Waals surface area contributed by atoms with Gasteiger partial charge in [0, 0.05) is 25.7 Å². The molecule has 1 amide bonds. The molecule has 1 unspecified atom stereocenters. The molecule has 10 heteroatoms. The van der Waals surface area contributed by atoms with Crippen molar-refractivity contribution in [3.63, 3.8) is 0 Å². The molecule has 0 bridgehead atoms. The summed E-state index contributed by atoms with van der Waals surface area (Å²) in [7, 11) is 2.98. The molecule has 0 fully saturated rings. The van der Waals surface area contributed by atoms with E-state index in [4.69, 9.17) is 5.26 Å². The van der Waals surface area contributed by atoms with Crippen LogP contribution in [0.1, 0.15) is 40.4 Å². The minimum atomic E-state index is -4.63. The summed E-state index contributed by atoms with van der Waals surface area (Å²) in [6, 6.07) is 10.9. The Morgan fingerprint density at radius 2 is 1.79 bits per heavy atom. The summed E-state index contributed by atoms with van der Waals surface area (Å²) in [5.74, 6) is -0.677. The third kappa shape index (κ3) is 4.13. The lowest BCUT2D eigenvalue weighted by atomic mass is 10.1. The van der Waals surface area contributed by atoms with Crippen LogP contribution in [0, 0.1) is 11.3 Å². The van der Waals surface area contributed by atoms with Crippen LogP contribution < -0.4 is 5.32 Å². The molecule has 7 nitrogen and oxygen atoms in total. The number of halogens is 3. The van der Waals surface area contributed by atoms with Crippen molar-refractivity contribution in [2.75, 3.05) is 0 Å². The van der Waals surface area contributed by atoms with E-state index in [1.54, 1.807) is 49.0 Å². The standard InChI is InChI=1S/C19H17F3N6O/c1-11(24-18(29)16-9-17(19(20,21)22)26-28(16)3)15-8-14(25-27(15)2)13-6-4-12(10-23)5-7-13/h4-9,11H,1-3H3,(H,24,29). The average Bonchev–Trinajstić information content (AvgIpc) is 3.24. The Bertz CT molecular complexity index is 1090. The van der Waals surface area contributed by atoms with Gasteiger partial charge < -0.3 is 5.32 Å². The second-order valence-electron chi connectivity index (χ2n) is 6.50. The third-order valence-electron chi connectivity index (χ3n) is 4.42. The lowest BCUT2D eigenvalue weighted by Gasteiger charge is -2.14. The molecule has 1 aromatic carbocycles. The number of amides is 1. The number of nitriles is 1. The molecule has 1 atom stereocenters. The number of aryl methyl sites for hydroxylation is 2. The van der Waals surface area contributed by atoms with Gasteiger partial charge in [-0.3, -0.25) is 14.2 Å². The molecule has 3 aromatic rings. The number of carbonyl (C=O) groups is 1. The summed E-state index contributed by atoms with van der Waals surface area (Å²) in [6.07, 6.45) is -4.63. The normalized spacial score (nSPS) is 12.4.